The molecule has 0 aromatic carbocycles. The molecule has 3 aromatic rings. The molecule has 1 unspecified atom stereocenters. The van der Waals surface area contributed by atoms with E-state index in [0.29, 0.717) is 53.0 Å². The smallest absolute Gasteiger partial charge is 0.407 e. The number of nitrogens with two attached hydrogens (primary N) is 1. The molecule has 1 aliphatic carbocycles. The predicted molar refractivity (Wildman–Crippen MR) is 146 cm³/mol. The SMILES string of the molecule is CC1CN(C(=O)O)CCN1c1nc2cc(/C(N)=N\O)nc(-c3cncc(Cl)c3)c2n1C[C@H]1CC[C@H](C)CC1. The third kappa shape index (κ3) is 5.07. The Labute approximate surface area is 225 Å². The molecule has 5 rings (SSSR count). The second-order valence-electron chi connectivity index (χ2n) is 10.5. The molecule has 38 heavy (non-hydrogen) atoms. The van der Waals surface area contributed by atoms with Crippen molar-refractivity contribution < 1.29 is 15.1 Å². The molecule has 0 radical (unpaired) electrons. The highest BCUT2D eigenvalue weighted by Crippen LogP contribution is 2.37. The molecule has 4 N–H and O–H groups in total. The molecule has 1 saturated carbocycles. The maximum Gasteiger partial charge on any atom is 0.407 e. The van der Waals surface area contributed by atoms with Crippen molar-refractivity contribution in [3.8, 4) is 11.3 Å². The van der Waals surface area contributed by atoms with E-state index < -0.39 is 6.09 Å². The quantitative estimate of drug-likeness (QED) is 0.188. The lowest BCUT2D eigenvalue weighted by Gasteiger charge is -2.39. The van der Waals surface area contributed by atoms with Gasteiger partial charge in [-0.15, -0.1) is 0 Å². The third-order valence-electron chi connectivity index (χ3n) is 7.78. The van der Waals surface area contributed by atoms with E-state index in [0.717, 1.165) is 36.8 Å². The topological polar surface area (TPSA) is 146 Å². The summed E-state index contributed by atoms with van der Waals surface area (Å²) in [4.78, 5) is 29.3. The van der Waals surface area contributed by atoms with Crippen LogP contribution >= 0.6 is 11.6 Å². The first-order chi connectivity index (χ1) is 18.2. The van der Waals surface area contributed by atoms with E-state index in [1.165, 1.54) is 17.7 Å². The summed E-state index contributed by atoms with van der Waals surface area (Å²) in [6.07, 6.45) is 6.99. The Bertz CT molecular complexity index is 1370. The van der Waals surface area contributed by atoms with Gasteiger partial charge in [0.2, 0.25) is 5.95 Å². The van der Waals surface area contributed by atoms with Gasteiger partial charge < -0.3 is 30.4 Å². The van der Waals surface area contributed by atoms with E-state index in [-0.39, 0.29) is 11.9 Å². The number of nitrogens with zero attached hydrogens (tertiary/aromatic N) is 7. The highest BCUT2D eigenvalue weighted by atomic mass is 35.5. The Morgan fingerprint density at radius 1 is 1.16 bits per heavy atom. The molecule has 4 heterocycles. The molecule has 11 nitrogen and oxygen atoms in total. The van der Waals surface area contributed by atoms with Gasteiger partial charge in [0.15, 0.2) is 5.84 Å². The first-order valence-electron chi connectivity index (χ1n) is 13.0. The molecule has 1 atom stereocenters. The Morgan fingerprint density at radius 2 is 1.92 bits per heavy atom. The van der Waals surface area contributed by atoms with Crippen molar-refractivity contribution in [2.75, 3.05) is 24.5 Å². The number of hydrogen-bond acceptors (Lipinski definition) is 7. The molecule has 1 aliphatic heterocycles. The number of fused-ring (bicyclic) bond motifs is 1. The number of anilines is 1. The number of hydrogen-bond donors (Lipinski definition) is 3. The van der Waals surface area contributed by atoms with E-state index in [1.54, 1.807) is 24.5 Å². The van der Waals surface area contributed by atoms with Crippen molar-refractivity contribution in [3.05, 3.63) is 35.2 Å². The van der Waals surface area contributed by atoms with Crippen molar-refractivity contribution in [2.24, 2.45) is 22.7 Å². The maximum absolute atomic E-state index is 11.6. The van der Waals surface area contributed by atoms with Crippen LogP contribution in [0.3, 0.4) is 0 Å². The summed E-state index contributed by atoms with van der Waals surface area (Å²) in [5.41, 5.74) is 9.03. The number of carbonyl (C=O) groups is 1. The molecule has 0 spiro atoms. The van der Waals surface area contributed by atoms with Crippen LogP contribution in [0.25, 0.3) is 22.3 Å². The van der Waals surface area contributed by atoms with Gasteiger partial charge in [-0.05, 0) is 43.7 Å². The number of halogens is 1. The summed E-state index contributed by atoms with van der Waals surface area (Å²) in [6, 6.07) is 3.45. The molecular weight excluding hydrogens is 508 g/mol. The zero-order chi connectivity index (χ0) is 27.0. The van der Waals surface area contributed by atoms with E-state index in [1.807, 2.05) is 6.92 Å². The van der Waals surface area contributed by atoms with Gasteiger partial charge in [-0.1, -0.05) is 36.5 Å². The van der Waals surface area contributed by atoms with Gasteiger partial charge in [0, 0.05) is 50.2 Å². The largest absolute Gasteiger partial charge is 0.465 e. The first kappa shape index (κ1) is 26.0. The van der Waals surface area contributed by atoms with Gasteiger partial charge in [0.05, 0.1) is 21.7 Å². The van der Waals surface area contributed by atoms with Gasteiger partial charge in [-0.25, -0.2) is 14.8 Å². The van der Waals surface area contributed by atoms with Crippen LogP contribution in [0.4, 0.5) is 10.7 Å². The van der Waals surface area contributed by atoms with Crippen molar-refractivity contribution in [1.82, 2.24) is 24.4 Å². The van der Waals surface area contributed by atoms with Crippen LogP contribution in [-0.4, -0.2) is 72.3 Å². The van der Waals surface area contributed by atoms with Crippen LogP contribution in [0.2, 0.25) is 5.02 Å². The molecule has 2 aliphatic rings. The van der Waals surface area contributed by atoms with Crippen molar-refractivity contribution in [2.45, 2.75) is 52.1 Å². The fourth-order valence-electron chi connectivity index (χ4n) is 5.66. The van der Waals surface area contributed by atoms with Gasteiger partial charge in [0.1, 0.15) is 5.69 Å². The summed E-state index contributed by atoms with van der Waals surface area (Å²) >= 11 is 6.31. The molecule has 12 heteroatoms. The van der Waals surface area contributed by atoms with E-state index in [4.69, 9.17) is 27.3 Å². The molecule has 0 bridgehead atoms. The van der Waals surface area contributed by atoms with Crippen LogP contribution in [0.1, 0.15) is 45.2 Å². The number of pyridine rings is 2. The molecule has 2 fully saturated rings. The zero-order valence-corrected chi connectivity index (χ0v) is 22.3. The second kappa shape index (κ2) is 10.6. The molecule has 1 saturated heterocycles. The number of amidine groups is 1. The van der Waals surface area contributed by atoms with Crippen molar-refractivity contribution >= 4 is 40.5 Å². The van der Waals surface area contributed by atoms with Crippen LogP contribution in [0.5, 0.6) is 0 Å². The summed E-state index contributed by atoms with van der Waals surface area (Å²) in [5.74, 6) is 1.86. The van der Waals surface area contributed by atoms with Crippen molar-refractivity contribution in [3.63, 3.8) is 0 Å². The number of carboxylic acid groups (broad SMARTS) is 1. The normalized spacial score (nSPS) is 22.7. The van der Waals surface area contributed by atoms with Crippen LogP contribution < -0.4 is 10.6 Å². The van der Waals surface area contributed by atoms with Crippen molar-refractivity contribution in [1.29, 1.82) is 0 Å². The highest BCUT2D eigenvalue weighted by molar-refractivity contribution is 6.30. The molecule has 3 aromatic heterocycles. The lowest BCUT2D eigenvalue weighted by Crippen LogP contribution is -2.54. The fourth-order valence-corrected chi connectivity index (χ4v) is 5.83. The minimum Gasteiger partial charge on any atom is -0.465 e. The Balaban J connectivity index is 1.69. The minimum absolute atomic E-state index is 0.0745. The standard InChI is InChI=1S/C26H33ClN8O3/c1-15-3-5-17(6-4-15)14-35-23-20(31-25(35)34-8-7-33(26(36)37)13-16(34)2)10-21(24(28)32-38)30-22(23)18-9-19(27)12-29-11-18/h9-12,15-17,38H,3-8,13-14H2,1-2H3,(H2,28,32)(H,36,37)/t15-,16?,17-. The minimum atomic E-state index is -0.912. The summed E-state index contributed by atoms with van der Waals surface area (Å²) in [7, 11) is 0. The Hall–Kier alpha value is -3.60. The second-order valence-corrected chi connectivity index (χ2v) is 11.0. The number of imidazole rings is 1. The number of rotatable bonds is 5. The lowest BCUT2D eigenvalue weighted by atomic mass is 9.83. The van der Waals surface area contributed by atoms with Gasteiger partial charge in [-0.2, -0.15) is 0 Å². The number of amides is 1. The zero-order valence-electron chi connectivity index (χ0n) is 21.6. The van der Waals surface area contributed by atoms with Crippen LogP contribution in [0.15, 0.2) is 29.7 Å². The maximum atomic E-state index is 11.6. The average Bonchev–Trinajstić information content (AvgIpc) is 3.26. The van der Waals surface area contributed by atoms with Crippen LogP contribution in [0, 0.1) is 11.8 Å². The number of piperazine rings is 1. The molecular formula is C26H33ClN8O3. The fraction of sp³-hybridized carbons (Fsp3) is 0.500. The van der Waals surface area contributed by atoms with Gasteiger partial charge in [-0.3, -0.25) is 4.98 Å². The van der Waals surface area contributed by atoms with Crippen LogP contribution in [-0.2, 0) is 6.54 Å². The van der Waals surface area contributed by atoms with Gasteiger partial charge >= 0.3 is 6.09 Å². The summed E-state index contributed by atoms with van der Waals surface area (Å²) < 4.78 is 2.22. The third-order valence-corrected chi connectivity index (χ3v) is 7.99. The molecule has 1 amide bonds. The Kier molecular flexibility index (Phi) is 7.29. The molecule has 202 valence electrons. The van der Waals surface area contributed by atoms with E-state index >= 15 is 0 Å². The van der Waals surface area contributed by atoms with Gasteiger partial charge in [0.25, 0.3) is 0 Å². The highest BCUT2D eigenvalue weighted by Gasteiger charge is 2.32. The van der Waals surface area contributed by atoms with E-state index in [2.05, 4.69) is 26.5 Å². The predicted octanol–water partition coefficient (Wildman–Crippen LogP) is 4.26. The number of aromatic nitrogens is 4. The lowest BCUT2D eigenvalue weighted by molar-refractivity contribution is 0.135. The monoisotopic (exact) mass is 540 g/mol. The first-order valence-corrected chi connectivity index (χ1v) is 13.4. The summed E-state index contributed by atoms with van der Waals surface area (Å²) in [6.45, 7) is 6.38. The number of oxime groups is 1. The average molecular weight is 541 g/mol. The Morgan fingerprint density at radius 3 is 2.58 bits per heavy atom. The van der Waals surface area contributed by atoms with E-state index in [9.17, 15) is 15.1 Å². The summed E-state index contributed by atoms with van der Waals surface area (Å²) in [5, 5.41) is 22.5.